The van der Waals surface area contributed by atoms with Crippen molar-refractivity contribution < 1.29 is 0 Å². The van der Waals surface area contributed by atoms with Crippen molar-refractivity contribution in [2.24, 2.45) is 0 Å². The first-order chi connectivity index (χ1) is 30.7. The first-order valence-corrected chi connectivity index (χ1v) is 21.3. The number of fused-ring (bicyclic) bond motifs is 8. The van der Waals surface area contributed by atoms with Gasteiger partial charge in [0.1, 0.15) is 0 Å². The van der Waals surface area contributed by atoms with Gasteiger partial charge in [0.25, 0.3) is 0 Å². The van der Waals surface area contributed by atoms with Gasteiger partial charge < -0.3 is 9.47 Å². The second kappa shape index (κ2) is 14.8. The Morgan fingerprint density at radius 2 is 0.758 bits per heavy atom. The van der Waals surface area contributed by atoms with Gasteiger partial charge in [-0.15, -0.1) is 0 Å². The monoisotopic (exact) mass is 788 g/mol. The molecule has 2 heteroatoms. The highest BCUT2D eigenvalue weighted by molar-refractivity contribution is 6.30. The Kier molecular flexibility index (Phi) is 8.53. The summed E-state index contributed by atoms with van der Waals surface area (Å²) in [5.74, 6) is 0. The molecular weight excluding hydrogens is 749 g/mol. The van der Waals surface area contributed by atoms with E-state index in [0.29, 0.717) is 0 Å². The van der Waals surface area contributed by atoms with E-state index in [-0.39, 0.29) is 0 Å². The lowest BCUT2D eigenvalue weighted by molar-refractivity contribution is 1.18. The largest absolute Gasteiger partial charge is 0.311 e. The molecule has 2 nitrogen and oxygen atoms in total. The molecule has 0 N–H and O–H groups in total. The molecule has 0 spiro atoms. The zero-order valence-corrected chi connectivity index (χ0v) is 34.0. The molecule has 0 unspecified atom stereocenters. The Balaban J connectivity index is 0.929. The molecule has 0 atom stereocenters. The van der Waals surface area contributed by atoms with Crippen LogP contribution in [0.15, 0.2) is 243 Å². The van der Waals surface area contributed by atoms with Crippen molar-refractivity contribution in [2.75, 3.05) is 4.90 Å². The quantitative estimate of drug-likeness (QED) is 0.156. The summed E-state index contributed by atoms with van der Waals surface area (Å²) in [4.78, 5) is 2.33. The minimum absolute atomic E-state index is 1.11. The summed E-state index contributed by atoms with van der Waals surface area (Å²) < 4.78 is 2.46. The van der Waals surface area contributed by atoms with E-state index in [1.807, 2.05) is 0 Å². The van der Waals surface area contributed by atoms with Crippen LogP contribution >= 0.6 is 0 Å². The third kappa shape index (κ3) is 6.04. The van der Waals surface area contributed by atoms with Crippen LogP contribution in [0.1, 0.15) is 0 Å². The summed E-state index contributed by atoms with van der Waals surface area (Å²) in [5.41, 5.74) is 14.1. The van der Waals surface area contributed by atoms with E-state index in [4.69, 9.17) is 0 Å². The van der Waals surface area contributed by atoms with Crippen LogP contribution < -0.4 is 4.90 Å². The van der Waals surface area contributed by atoms with Gasteiger partial charge in [0.15, 0.2) is 0 Å². The number of nitrogens with zero attached hydrogens (tertiary/aromatic N) is 2. The second-order valence-electron chi connectivity index (χ2n) is 16.1. The van der Waals surface area contributed by atoms with Crippen LogP contribution in [0, 0.1) is 0 Å². The van der Waals surface area contributed by atoms with Crippen LogP contribution in [0.3, 0.4) is 0 Å². The van der Waals surface area contributed by atoms with Gasteiger partial charge in [0, 0.05) is 33.5 Å². The molecular formula is C60H40N2. The normalized spacial score (nSPS) is 11.5. The maximum atomic E-state index is 2.46. The standard InChI is InChI=1S/C60H40N2/c1-3-14-45(15-4-1)56-40-58-60(55-22-12-11-21-54(55)56)59-53-20-10-9-16-46(53)31-38-57(59)62(58)52-36-27-43(28-37-52)42-25-32-50(33-26-42)61(49-18-5-2-6-19-49)51-34-29-44(30-35-51)48-24-23-41-13-7-8-17-47(41)39-48/h1-40H. The van der Waals surface area contributed by atoms with Crippen LogP contribution in [0.4, 0.5) is 17.1 Å². The van der Waals surface area contributed by atoms with E-state index >= 15 is 0 Å². The number of rotatable bonds is 7. The van der Waals surface area contributed by atoms with E-state index in [1.54, 1.807) is 0 Å². The lowest BCUT2D eigenvalue weighted by Crippen LogP contribution is -2.09. The summed E-state index contributed by atoms with van der Waals surface area (Å²) in [5, 5.41) is 10.1. The van der Waals surface area contributed by atoms with Gasteiger partial charge >= 0.3 is 0 Å². The van der Waals surface area contributed by atoms with E-state index in [2.05, 4.69) is 252 Å². The molecule has 12 rings (SSSR count). The van der Waals surface area contributed by atoms with Gasteiger partial charge in [-0.05, 0) is 132 Å². The molecule has 12 aromatic rings. The summed E-state index contributed by atoms with van der Waals surface area (Å²) in [6, 6.07) is 88.3. The van der Waals surface area contributed by atoms with Gasteiger partial charge in [0.2, 0.25) is 0 Å². The van der Waals surface area contributed by atoms with Crippen molar-refractivity contribution in [1.29, 1.82) is 0 Å². The number of benzene rings is 11. The molecule has 1 aromatic heterocycles. The molecule has 0 saturated carbocycles. The molecule has 0 aliphatic rings. The summed E-state index contributed by atoms with van der Waals surface area (Å²) in [6.07, 6.45) is 0. The first kappa shape index (κ1) is 35.7. The lowest BCUT2D eigenvalue weighted by Gasteiger charge is -2.26. The molecule has 0 fully saturated rings. The SMILES string of the molecule is c1ccc(-c2cc3c(c4ccccc24)c2c4ccccc4ccc2n3-c2ccc(-c3ccc(N(c4ccccc4)c4ccc(-c5ccc6ccccc6c5)cc4)cc3)cc2)cc1. The highest BCUT2D eigenvalue weighted by Crippen LogP contribution is 2.44. The maximum Gasteiger partial charge on any atom is 0.0553 e. The van der Waals surface area contributed by atoms with Crippen molar-refractivity contribution in [3.8, 4) is 39.1 Å². The third-order valence-electron chi connectivity index (χ3n) is 12.6. The molecule has 0 saturated heterocycles. The van der Waals surface area contributed by atoms with Crippen molar-refractivity contribution >= 4 is 71.2 Å². The molecule has 62 heavy (non-hydrogen) atoms. The zero-order valence-electron chi connectivity index (χ0n) is 34.0. The van der Waals surface area contributed by atoms with Crippen LogP contribution in [-0.2, 0) is 0 Å². The Morgan fingerprint density at radius 1 is 0.274 bits per heavy atom. The van der Waals surface area contributed by atoms with Gasteiger partial charge in [-0.25, -0.2) is 0 Å². The minimum atomic E-state index is 1.11. The van der Waals surface area contributed by atoms with E-state index in [1.165, 1.54) is 87.5 Å². The zero-order chi connectivity index (χ0) is 41.0. The summed E-state index contributed by atoms with van der Waals surface area (Å²) in [6.45, 7) is 0. The number of hydrogen-bond acceptors (Lipinski definition) is 1. The lowest BCUT2D eigenvalue weighted by atomic mass is 9.94. The maximum absolute atomic E-state index is 2.46. The summed E-state index contributed by atoms with van der Waals surface area (Å²) in [7, 11) is 0. The van der Waals surface area contributed by atoms with Crippen LogP contribution in [-0.4, -0.2) is 4.57 Å². The van der Waals surface area contributed by atoms with Crippen LogP contribution in [0.25, 0.3) is 93.2 Å². The van der Waals surface area contributed by atoms with E-state index < -0.39 is 0 Å². The number of aromatic nitrogens is 1. The fraction of sp³-hybridized carbons (Fsp3) is 0. The molecule has 0 radical (unpaired) electrons. The highest BCUT2D eigenvalue weighted by atomic mass is 15.1. The predicted octanol–water partition coefficient (Wildman–Crippen LogP) is 16.7. The molecule has 0 bridgehead atoms. The minimum Gasteiger partial charge on any atom is -0.311 e. The van der Waals surface area contributed by atoms with Gasteiger partial charge in [-0.3, -0.25) is 0 Å². The highest BCUT2D eigenvalue weighted by Gasteiger charge is 2.20. The van der Waals surface area contributed by atoms with Crippen molar-refractivity contribution in [3.63, 3.8) is 0 Å². The van der Waals surface area contributed by atoms with Crippen molar-refractivity contribution in [3.05, 3.63) is 243 Å². The second-order valence-corrected chi connectivity index (χ2v) is 16.1. The number of hydrogen-bond donors (Lipinski definition) is 0. The summed E-state index contributed by atoms with van der Waals surface area (Å²) >= 11 is 0. The molecule has 0 aliphatic carbocycles. The molecule has 0 aliphatic heterocycles. The Morgan fingerprint density at radius 3 is 1.45 bits per heavy atom. The third-order valence-corrected chi connectivity index (χ3v) is 12.6. The average Bonchev–Trinajstić information content (AvgIpc) is 3.70. The molecule has 1 heterocycles. The van der Waals surface area contributed by atoms with Crippen LogP contribution in [0.5, 0.6) is 0 Å². The van der Waals surface area contributed by atoms with E-state index in [0.717, 1.165) is 22.7 Å². The van der Waals surface area contributed by atoms with Gasteiger partial charge in [-0.1, -0.05) is 176 Å². The molecule has 11 aromatic carbocycles. The Bertz CT molecular complexity index is 3590. The Hall–Kier alpha value is -8.20. The predicted molar refractivity (Wildman–Crippen MR) is 264 cm³/mol. The fourth-order valence-electron chi connectivity index (χ4n) is 9.58. The van der Waals surface area contributed by atoms with Gasteiger partial charge in [0.05, 0.1) is 11.0 Å². The number of anilines is 3. The Labute approximate surface area is 360 Å². The van der Waals surface area contributed by atoms with E-state index in [9.17, 15) is 0 Å². The van der Waals surface area contributed by atoms with Gasteiger partial charge in [-0.2, -0.15) is 0 Å². The van der Waals surface area contributed by atoms with Crippen molar-refractivity contribution in [2.45, 2.75) is 0 Å². The van der Waals surface area contributed by atoms with Crippen molar-refractivity contribution in [1.82, 2.24) is 4.57 Å². The molecule has 0 amide bonds. The van der Waals surface area contributed by atoms with Crippen LogP contribution in [0.2, 0.25) is 0 Å². The fourth-order valence-corrected chi connectivity index (χ4v) is 9.58. The molecule has 290 valence electrons. The average molecular weight is 789 g/mol. The first-order valence-electron chi connectivity index (χ1n) is 21.3. The topological polar surface area (TPSA) is 8.17 Å². The smallest absolute Gasteiger partial charge is 0.0553 e. The number of para-hydroxylation sites is 1.